The molecule has 0 rings (SSSR count). The van der Waals surface area contributed by atoms with E-state index in [4.69, 9.17) is 0 Å². The maximum atomic E-state index is 11.5. The van der Waals surface area contributed by atoms with Crippen molar-refractivity contribution in [2.75, 3.05) is 7.11 Å². The zero-order valence-corrected chi connectivity index (χ0v) is 10.9. The molecule has 0 fully saturated rings. The highest BCUT2D eigenvalue weighted by Crippen LogP contribution is 2.21. The number of rotatable bonds is 5. The van der Waals surface area contributed by atoms with Crippen LogP contribution in [0, 0.1) is 0 Å². The van der Waals surface area contributed by atoms with Crippen molar-refractivity contribution >= 4 is 18.2 Å². The second-order valence-corrected chi connectivity index (χ2v) is 12.0. The first-order chi connectivity index (χ1) is 5.75. The Morgan fingerprint density at radius 3 is 2.00 bits per heavy atom. The van der Waals surface area contributed by atoms with Crippen LogP contribution in [0.2, 0.25) is 19.6 Å². The monoisotopic (exact) mass is 224 g/mol. The Bertz CT molecular complexity index is 241. The van der Waals surface area contributed by atoms with Crippen molar-refractivity contribution in [2.24, 2.45) is 0 Å². The Kier molecular flexibility index (Phi) is 4.61. The van der Waals surface area contributed by atoms with Crippen LogP contribution in [0.1, 0.15) is 19.8 Å². The van der Waals surface area contributed by atoms with Gasteiger partial charge in [0.1, 0.15) is 0 Å². The van der Waals surface area contributed by atoms with E-state index in [-0.39, 0.29) is 4.87 Å². The second-order valence-electron chi connectivity index (χ2n) is 4.30. The molecule has 1 atom stereocenters. The van der Waals surface area contributed by atoms with E-state index in [1.54, 1.807) is 0 Å². The molecule has 0 aromatic heterocycles. The van der Waals surface area contributed by atoms with E-state index in [1.165, 1.54) is 7.11 Å². The lowest BCUT2D eigenvalue weighted by atomic mass is 10.4. The van der Waals surface area contributed by atoms with Crippen molar-refractivity contribution in [1.29, 1.82) is 0 Å². The van der Waals surface area contributed by atoms with Crippen LogP contribution in [-0.4, -0.2) is 28.5 Å². The van der Waals surface area contributed by atoms with Gasteiger partial charge in [0, 0.05) is 0 Å². The standard InChI is InChI=1S/C8H20O3SSi/c1-6-7-8(13(3,4)5)12(9,10)11-2/h8H,6-7H2,1-5H3. The molecule has 0 spiro atoms. The van der Waals surface area contributed by atoms with E-state index < -0.39 is 18.2 Å². The average molecular weight is 224 g/mol. The molecule has 0 saturated carbocycles. The van der Waals surface area contributed by atoms with Crippen LogP contribution in [0.5, 0.6) is 0 Å². The molecule has 5 heteroatoms. The molecule has 0 radical (unpaired) electrons. The van der Waals surface area contributed by atoms with Crippen molar-refractivity contribution in [3.63, 3.8) is 0 Å². The van der Waals surface area contributed by atoms with E-state index in [0.29, 0.717) is 6.42 Å². The number of hydrogen-bond acceptors (Lipinski definition) is 3. The van der Waals surface area contributed by atoms with Gasteiger partial charge in [0.2, 0.25) is 0 Å². The van der Waals surface area contributed by atoms with Crippen molar-refractivity contribution < 1.29 is 12.6 Å². The summed E-state index contributed by atoms with van der Waals surface area (Å²) in [4.78, 5) is -0.269. The minimum Gasteiger partial charge on any atom is -0.273 e. The van der Waals surface area contributed by atoms with Crippen molar-refractivity contribution in [1.82, 2.24) is 0 Å². The van der Waals surface area contributed by atoms with Crippen LogP contribution in [0.15, 0.2) is 0 Å². The lowest BCUT2D eigenvalue weighted by Gasteiger charge is -2.26. The molecule has 0 aliphatic rings. The first kappa shape index (κ1) is 13.1. The lowest BCUT2D eigenvalue weighted by molar-refractivity contribution is 0.392. The van der Waals surface area contributed by atoms with Gasteiger partial charge in [-0.1, -0.05) is 33.0 Å². The highest BCUT2D eigenvalue weighted by atomic mass is 32.2. The summed E-state index contributed by atoms with van der Waals surface area (Å²) in [5, 5.41) is 0. The summed E-state index contributed by atoms with van der Waals surface area (Å²) >= 11 is 0. The highest BCUT2D eigenvalue weighted by molar-refractivity contribution is 7.89. The predicted molar refractivity (Wildman–Crippen MR) is 58.0 cm³/mol. The van der Waals surface area contributed by atoms with Gasteiger partial charge < -0.3 is 0 Å². The van der Waals surface area contributed by atoms with Crippen molar-refractivity contribution in [3.05, 3.63) is 0 Å². The zero-order valence-electron chi connectivity index (χ0n) is 9.12. The second kappa shape index (κ2) is 4.57. The molecule has 0 amide bonds. The van der Waals surface area contributed by atoms with Gasteiger partial charge in [-0.25, -0.2) is 0 Å². The Balaban J connectivity index is 4.83. The van der Waals surface area contributed by atoms with Crippen LogP contribution in [0.25, 0.3) is 0 Å². The molecule has 0 N–H and O–H groups in total. The fourth-order valence-corrected chi connectivity index (χ4v) is 7.05. The summed E-state index contributed by atoms with van der Waals surface area (Å²) in [5.41, 5.74) is 0. The van der Waals surface area contributed by atoms with Gasteiger partial charge in [0.15, 0.2) is 0 Å². The van der Waals surface area contributed by atoms with Crippen LogP contribution in [0.3, 0.4) is 0 Å². The highest BCUT2D eigenvalue weighted by Gasteiger charge is 2.36. The summed E-state index contributed by atoms with van der Waals surface area (Å²) in [5.74, 6) is 0. The Hall–Kier alpha value is 0.127. The quantitative estimate of drug-likeness (QED) is 0.530. The smallest absolute Gasteiger partial charge is 0.267 e. The molecular weight excluding hydrogens is 204 g/mol. The summed E-state index contributed by atoms with van der Waals surface area (Å²) < 4.78 is 27.7. The fraction of sp³-hybridized carbons (Fsp3) is 1.00. The molecule has 13 heavy (non-hydrogen) atoms. The van der Waals surface area contributed by atoms with Crippen LogP contribution >= 0.6 is 0 Å². The third kappa shape index (κ3) is 3.78. The number of hydrogen-bond donors (Lipinski definition) is 0. The van der Waals surface area contributed by atoms with Gasteiger partial charge in [-0.05, 0) is 6.42 Å². The Morgan fingerprint density at radius 1 is 1.31 bits per heavy atom. The molecule has 0 saturated heterocycles. The maximum Gasteiger partial charge on any atom is 0.267 e. The SMILES string of the molecule is CCCC([Si](C)(C)C)S(=O)(=O)OC. The van der Waals surface area contributed by atoms with Gasteiger partial charge in [-0.3, -0.25) is 4.18 Å². The summed E-state index contributed by atoms with van der Waals surface area (Å²) in [6.07, 6.45) is 1.60. The summed E-state index contributed by atoms with van der Waals surface area (Å²) in [7, 11) is -3.75. The van der Waals surface area contributed by atoms with Crippen molar-refractivity contribution in [2.45, 2.75) is 44.3 Å². The topological polar surface area (TPSA) is 43.4 Å². The minimum absolute atomic E-state index is 0.269. The van der Waals surface area contributed by atoms with Gasteiger partial charge in [-0.2, -0.15) is 8.42 Å². The normalized spacial score (nSPS) is 15.8. The molecule has 0 bridgehead atoms. The van der Waals surface area contributed by atoms with Crippen LogP contribution < -0.4 is 0 Å². The van der Waals surface area contributed by atoms with E-state index in [0.717, 1.165) is 6.42 Å². The fourth-order valence-electron chi connectivity index (χ4n) is 1.39. The summed E-state index contributed by atoms with van der Waals surface area (Å²) in [6.45, 7) is 8.18. The van der Waals surface area contributed by atoms with Crippen molar-refractivity contribution in [3.8, 4) is 0 Å². The van der Waals surface area contributed by atoms with Gasteiger partial charge in [-0.15, -0.1) is 0 Å². The lowest BCUT2D eigenvalue weighted by Crippen LogP contribution is -2.44. The van der Waals surface area contributed by atoms with Gasteiger partial charge >= 0.3 is 0 Å². The van der Waals surface area contributed by atoms with Gasteiger partial charge in [0.05, 0.1) is 20.1 Å². The largest absolute Gasteiger partial charge is 0.273 e. The molecule has 0 aromatic rings. The molecule has 3 nitrogen and oxygen atoms in total. The first-order valence-corrected chi connectivity index (χ1v) is 9.60. The zero-order chi connectivity index (χ0) is 10.7. The molecule has 0 heterocycles. The molecule has 80 valence electrons. The third-order valence-electron chi connectivity index (χ3n) is 2.10. The molecule has 0 aliphatic heterocycles. The van der Waals surface area contributed by atoms with Crippen LogP contribution in [-0.2, 0) is 14.3 Å². The maximum absolute atomic E-state index is 11.5. The van der Waals surface area contributed by atoms with E-state index in [9.17, 15) is 8.42 Å². The Labute approximate surface area is 82.6 Å². The molecular formula is C8H20O3SSi. The third-order valence-corrected chi connectivity index (χ3v) is 8.70. The van der Waals surface area contributed by atoms with Crippen LogP contribution in [0.4, 0.5) is 0 Å². The van der Waals surface area contributed by atoms with Gasteiger partial charge in [0.25, 0.3) is 10.1 Å². The van der Waals surface area contributed by atoms with E-state index in [2.05, 4.69) is 23.8 Å². The molecule has 1 unspecified atom stereocenters. The average Bonchev–Trinajstić information content (AvgIpc) is 1.98. The van der Waals surface area contributed by atoms with E-state index >= 15 is 0 Å². The molecule has 0 aromatic carbocycles. The minimum atomic E-state index is -3.32. The first-order valence-electron chi connectivity index (χ1n) is 4.55. The predicted octanol–water partition coefficient (Wildman–Crippen LogP) is 2.01. The Morgan fingerprint density at radius 2 is 1.77 bits per heavy atom. The molecule has 0 aliphatic carbocycles. The summed E-state index contributed by atoms with van der Waals surface area (Å²) in [6, 6.07) is 0. The van der Waals surface area contributed by atoms with E-state index in [1.807, 2.05) is 6.92 Å².